The summed E-state index contributed by atoms with van der Waals surface area (Å²) in [6.07, 6.45) is 1.95. The van der Waals surface area contributed by atoms with Crippen LogP contribution in [-0.4, -0.2) is 37.7 Å². The Hall–Kier alpha value is -2.54. The Morgan fingerprint density at radius 3 is 2.62 bits per heavy atom. The van der Waals surface area contributed by atoms with E-state index in [1.165, 1.54) is 23.5 Å². The number of thiophene rings is 1. The first-order chi connectivity index (χ1) is 12.5. The van der Waals surface area contributed by atoms with E-state index in [9.17, 15) is 9.18 Å². The van der Waals surface area contributed by atoms with E-state index in [0.717, 1.165) is 17.7 Å². The molecule has 5 nitrogen and oxygen atoms in total. The van der Waals surface area contributed by atoms with E-state index in [0.29, 0.717) is 18.1 Å². The third-order valence-corrected chi connectivity index (χ3v) is 5.62. The molecule has 1 fully saturated rings. The van der Waals surface area contributed by atoms with Gasteiger partial charge in [0.15, 0.2) is 5.82 Å². The van der Waals surface area contributed by atoms with Crippen molar-refractivity contribution in [1.82, 2.24) is 19.7 Å². The van der Waals surface area contributed by atoms with Crippen LogP contribution in [0.3, 0.4) is 0 Å². The van der Waals surface area contributed by atoms with Crippen molar-refractivity contribution in [2.24, 2.45) is 0 Å². The molecule has 1 aliphatic rings. The predicted octanol–water partition coefficient (Wildman–Crippen LogP) is 4.15. The molecule has 0 atom stereocenters. The minimum atomic E-state index is -0.318. The maximum absolute atomic E-state index is 13.3. The average Bonchev–Trinajstić information content (AvgIpc) is 3.33. The summed E-state index contributed by atoms with van der Waals surface area (Å²) in [4.78, 5) is 20.3. The van der Waals surface area contributed by atoms with Crippen molar-refractivity contribution in [2.75, 3.05) is 6.54 Å². The summed E-state index contributed by atoms with van der Waals surface area (Å²) in [5.41, 5.74) is 0.476. The van der Waals surface area contributed by atoms with Crippen molar-refractivity contribution < 1.29 is 9.18 Å². The van der Waals surface area contributed by atoms with Crippen molar-refractivity contribution in [3.8, 4) is 16.4 Å². The molecule has 0 bridgehead atoms. The second-order valence-electron chi connectivity index (χ2n) is 7.00. The Morgan fingerprint density at radius 1 is 1.23 bits per heavy atom. The fourth-order valence-corrected chi connectivity index (χ4v) is 4.03. The average molecular weight is 370 g/mol. The van der Waals surface area contributed by atoms with Crippen LogP contribution < -0.4 is 0 Å². The van der Waals surface area contributed by atoms with E-state index >= 15 is 0 Å². The molecule has 0 aliphatic carbocycles. The molecular weight excluding hydrogens is 351 g/mol. The molecule has 7 heteroatoms. The van der Waals surface area contributed by atoms with Gasteiger partial charge in [0.1, 0.15) is 5.82 Å². The maximum Gasteiger partial charge on any atom is 0.294 e. The topological polar surface area (TPSA) is 51.0 Å². The highest BCUT2D eigenvalue weighted by atomic mass is 32.1. The Kier molecular flexibility index (Phi) is 4.11. The first-order valence-corrected chi connectivity index (χ1v) is 9.42. The van der Waals surface area contributed by atoms with Crippen molar-refractivity contribution in [3.63, 3.8) is 0 Å². The van der Waals surface area contributed by atoms with Crippen molar-refractivity contribution in [3.05, 3.63) is 53.4 Å². The van der Waals surface area contributed by atoms with Crippen LogP contribution in [0.15, 0.2) is 41.8 Å². The summed E-state index contributed by atoms with van der Waals surface area (Å²) >= 11 is 1.52. The van der Waals surface area contributed by atoms with E-state index in [2.05, 4.69) is 23.9 Å². The summed E-state index contributed by atoms with van der Waals surface area (Å²) in [5, 5.41) is 6.42. The molecule has 3 heterocycles. The van der Waals surface area contributed by atoms with Gasteiger partial charge in [0.05, 0.1) is 10.6 Å². The SMILES string of the molecule is CC1(C)CCCN1C(=O)c1nc(-c2cccs2)n(-c2ccc(F)cc2)n1. The van der Waals surface area contributed by atoms with Crippen LogP contribution in [0.2, 0.25) is 0 Å². The van der Waals surface area contributed by atoms with Gasteiger partial charge in [-0.2, -0.15) is 0 Å². The standard InChI is InChI=1S/C19H19FN4OS/c1-19(2)10-4-11-23(19)18(25)16-21-17(15-5-3-12-26-15)24(22-16)14-8-6-13(20)7-9-14/h3,5-9,12H,4,10-11H2,1-2H3. The molecule has 0 saturated carbocycles. The van der Waals surface area contributed by atoms with E-state index in [1.807, 2.05) is 22.4 Å². The minimum Gasteiger partial charge on any atom is -0.331 e. The Balaban J connectivity index is 1.79. The molecule has 0 N–H and O–H groups in total. The first kappa shape index (κ1) is 16.9. The summed E-state index contributed by atoms with van der Waals surface area (Å²) in [6.45, 7) is 4.84. The number of nitrogens with zero attached hydrogens (tertiary/aromatic N) is 4. The maximum atomic E-state index is 13.3. The lowest BCUT2D eigenvalue weighted by Crippen LogP contribution is -2.43. The number of hydrogen-bond acceptors (Lipinski definition) is 4. The zero-order valence-corrected chi connectivity index (χ0v) is 15.5. The fourth-order valence-electron chi connectivity index (χ4n) is 3.33. The molecule has 0 radical (unpaired) electrons. The number of carbonyl (C=O) groups excluding carboxylic acids is 1. The lowest BCUT2D eigenvalue weighted by molar-refractivity contribution is 0.0639. The van der Waals surface area contributed by atoms with Crippen molar-refractivity contribution >= 4 is 17.2 Å². The van der Waals surface area contributed by atoms with Gasteiger partial charge in [-0.05, 0) is 62.4 Å². The van der Waals surface area contributed by atoms with Crippen LogP contribution in [0.5, 0.6) is 0 Å². The van der Waals surface area contributed by atoms with Crippen molar-refractivity contribution in [2.45, 2.75) is 32.2 Å². The predicted molar refractivity (Wildman–Crippen MR) is 99.0 cm³/mol. The molecule has 26 heavy (non-hydrogen) atoms. The summed E-state index contributed by atoms with van der Waals surface area (Å²) in [6, 6.07) is 9.88. The molecular formula is C19H19FN4OS. The third kappa shape index (κ3) is 2.92. The van der Waals surface area contributed by atoms with Gasteiger partial charge in [-0.15, -0.1) is 16.4 Å². The van der Waals surface area contributed by atoms with Crippen LogP contribution in [-0.2, 0) is 0 Å². The van der Waals surface area contributed by atoms with Crippen molar-refractivity contribution in [1.29, 1.82) is 0 Å². The normalized spacial score (nSPS) is 16.2. The second-order valence-corrected chi connectivity index (χ2v) is 7.95. The number of carbonyl (C=O) groups is 1. The number of aromatic nitrogens is 3. The lowest BCUT2D eigenvalue weighted by Gasteiger charge is -2.30. The molecule has 4 rings (SSSR count). The van der Waals surface area contributed by atoms with Crippen LogP contribution >= 0.6 is 11.3 Å². The lowest BCUT2D eigenvalue weighted by atomic mass is 10.0. The largest absolute Gasteiger partial charge is 0.331 e. The Morgan fingerprint density at radius 2 is 2.00 bits per heavy atom. The summed E-state index contributed by atoms with van der Waals surface area (Å²) in [5.74, 6) is 0.285. The molecule has 3 aromatic rings. The number of halogens is 1. The van der Waals surface area contributed by atoms with Gasteiger partial charge in [-0.25, -0.2) is 14.1 Å². The van der Waals surface area contributed by atoms with Crippen LogP contribution in [0, 0.1) is 5.82 Å². The quantitative estimate of drug-likeness (QED) is 0.696. The number of benzene rings is 1. The zero-order valence-electron chi connectivity index (χ0n) is 14.6. The van der Waals surface area contributed by atoms with E-state index in [1.54, 1.807) is 16.8 Å². The first-order valence-electron chi connectivity index (χ1n) is 8.54. The van der Waals surface area contributed by atoms with Gasteiger partial charge in [-0.3, -0.25) is 4.79 Å². The van der Waals surface area contributed by atoms with Gasteiger partial charge in [-0.1, -0.05) is 6.07 Å². The monoisotopic (exact) mass is 370 g/mol. The number of amides is 1. The number of hydrogen-bond donors (Lipinski definition) is 0. The molecule has 0 unspecified atom stereocenters. The molecule has 1 amide bonds. The highest BCUT2D eigenvalue weighted by Gasteiger charge is 2.37. The molecule has 1 saturated heterocycles. The van der Waals surface area contributed by atoms with Gasteiger partial charge in [0, 0.05) is 12.1 Å². The highest BCUT2D eigenvalue weighted by Crippen LogP contribution is 2.31. The summed E-state index contributed by atoms with van der Waals surface area (Å²) < 4.78 is 14.9. The molecule has 2 aromatic heterocycles. The summed E-state index contributed by atoms with van der Waals surface area (Å²) in [7, 11) is 0. The van der Waals surface area contributed by atoms with Crippen LogP contribution in [0.1, 0.15) is 37.3 Å². The van der Waals surface area contributed by atoms with Gasteiger partial charge >= 0.3 is 0 Å². The number of rotatable bonds is 3. The molecule has 1 aromatic carbocycles. The Bertz CT molecular complexity index is 931. The van der Waals surface area contributed by atoms with Crippen LogP contribution in [0.25, 0.3) is 16.4 Å². The second kappa shape index (κ2) is 6.32. The fraction of sp³-hybridized carbons (Fsp3) is 0.316. The van der Waals surface area contributed by atoms with Crippen LogP contribution in [0.4, 0.5) is 4.39 Å². The smallest absolute Gasteiger partial charge is 0.294 e. The van der Waals surface area contributed by atoms with E-state index in [-0.39, 0.29) is 23.1 Å². The molecule has 0 spiro atoms. The van der Waals surface area contributed by atoms with Gasteiger partial charge in [0.25, 0.3) is 5.91 Å². The van der Waals surface area contributed by atoms with Gasteiger partial charge < -0.3 is 4.90 Å². The third-order valence-electron chi connectivity index (χ3n) is 4.76. The minimum absolute atomic E-state index is 0.161. The zero-order chi connectivity index (χ0) is 18.3. The van der Waals surface area contributed by atoms with E-state index < -0.39 is 0 Å². The number of likely N-dealkylation sites (tertiary alicyclic amines) is 1. The van der Waals surface area contributed by atoms with Gasteiger partial charge in [0.2, 0.25) is 5.82 Å². The highest BCUT2D eigenvalue weighted by molar-refractivity contribution is 7.13. The molecule has 1 aliphatic heterocycles. The van der Waals surface area contributed by atoms with E-state index in [4.69, 9.17) is 0 Å². The molecule has 134 valence electrons. The Labute approximate surface area is 155 Å².